The number of nitro benzene ring substituents is 2. The van der Waals surface area contributed by atoms with Gasteiger partial charge >= 0.3 is 0 Å². The lowest BCUT2D eigenvalue weighted by molar-refractivity contribution is -0.385. The number of carbonyl (C=O) groups excluding carboxylic acids is 1. The van der Waals surface area contributed by atoms with Crippen molar-refractivity contribution in [2.24, 2.45) is 0 Å². The van der Waals surface area contributed by atoms with Crippen molar-refractivity contribution >= 4 is 40.6 Å². The van der Waals surface area contributed by atoms with Gasteiger partial charge in [-0.3, -0.25) is 25.0 Å². The van der Waals surface area contributed by atoms with Crippen LogP contribution in [0, 0.1) is 20.2 Å². The Labute approximate surface area is 171 Å². The smallest absolute Gasteiger partial charge is 0.271 e. The van der Waals surface area contributed by atoms with Crippen molar-refractivity contribution in [2.45, 2.75) is 0 Å². The predicted octanol–water partition coefficient (Wildman–Crippen LogP) is 3.52. The van der Waals surface area contributed by atoms with E-state index in [1.165, 1.54) is 30.3 Å². The molecule has 29 heavy (non-hydrogen) atoms. The Kier molecular flexibility index (Phi) is 6.08. The first kappa shape index (κ1) is 20.3. The van der Waals surface area contributed by atoms with Crippen molar-refractivity contribution in [1.82, 2.24) is 4.90 Å². The molecular weight excluding hydrogens is 400 g/mol. The van der Waals surface area contributed by atoms with E-state index < -0.39 is 9.85 Å². The zero-order chi connectivity index (χ0) is 21.0. The van der Waals surface area contributed by atoms with E-state index in [1.807, 2.05) is 4.90 Å². The molecule has 3 rings (SSSR count). The normalized spacial score (nSPS) is 14.2. The molecule has 1 saturated heterocycles. The molecule has 0 spiro atoms. The van der Waals surface area contributed by atoms with Gasteiger partial charge in [0.15, 0.2) is 0 Å². The number of amides is 1. The Morgan fingerprint density at radius 3 is 2.24 bits per heavy atom. The van der Waals surface area contributed by atoms with Crippen molar-refractivity contribution in [3.63, 3.8) is 0 Å². The summed E-state index contributed by atoms with van der Waals surface area (Å²) in [4.78, 5) is 36.7. The second kappa shape index (κ2) is 8.70. The van der Waals surface area contributed by atoms with Crippen LogP contribution in [-0.4, -0.2) is 46.8 Å². The zero-order valence-corrected chi connectivity index (χ0v) is 16.0. The third-order valence-electron chi connectivity index (χ3n) is 4.57. The molecule has 1 heterocycles. The molecule has 0 saturated carbocycles. The molecule has 1 amide bonds. The van der Waals surface area contributed by atoms with Crippen LogP contribution in [0.15, 0.2) is 48.5 Å². The van der Waals surface area contributed by atoms with Gasteiger partial charge in [-0.15, -0.1) is 0 Å². The molecule has 0 unspecified atom stereocenters. The van der Waals surface area contributed by atoms with Crippen molar-refractivity contribution in [2.75, 3.05) is 31.1 Å². The first-order valence-corrected chi connectivity index (χ1v) is 9.13. The lowest BCUT2D eigenvalue weighted by atomic mass is 10.2. The van der Waals surface area contributed by atoms with Crippen LogP contribution in [0.25, 0.3) is 6.08 Å². The van der Waals surface area contributed by atoms with E-state index in [0.29, 0.717) is 42.5 Å². The van der Waals surface area contributed by atoms with E-state index in [9.17, 15) is 25.0 Å². The molecule has 1 aliphatic heterocycles. The fourth-order valence-corrected chi connectivity index (χ4v) is 3.34. The van der Waals surface area contributed by atoms with Gasteiger partial charge in [0, 0.05) is 56.5 Å². The largest absolute Gasteiger partial charge is 0.367 e. The number of hydrogen-bond donors (Lipinski definition) is 0. The average molecular weight is 417 g/mol. The number of nitrogens with zero attached hydrogens (tertiary/aromatic N) is 4. The number of non-ortho nitro benzene ring substituents is 2. The van der Waals surface area contributed by atoms with E-state index >= 15 is 0 Å². The molecule has 10 heteroatoms. The molecule has 0 aromatic heterocycles. The van der Waals surface area contributed by atoms with Gasteiger partial charge in [0.2, 0.25) is 5.91 Å². The molecule has 1 fully saturated rings. The molecule has 2 aromatic carbocycles. The SMILES string of the molecule is O=C(C=Cc1cccc([N+](=O)[O-])c1)N1CCN(c2ccc([N+](=O)[O-])cc2Cl)CC1. The quantitative estimate of drug-likeness (QED) is 0.419. The van der Waals surface area contributed by atoms with Crippen molar-refractivity contribution in [3.8, 4) is 0 Å². The van der Waals surface area contributed by atoms with E-state index in [2.05, 4.69) is 0 Å². The van der Waals surface area contributed by atoms with Crippen LogP contribution in [0.2, 0.25) is 5.02 Å². The Hall–Kier alpha value is -3.46. The predicted molar refractivity (Wildman–Crippen MR) is 109 cm³/mol. The highest BCUT2D eigenvalue weighted by Gasteiger charge is 2.22. The first-order valence-electron chi connectivity index (χ1n) is 8.75. The van der Waals surface area contributed by atoms with E-state index in [0.717, 1.165) is 0 Å². The number of carbonyl (C=O) groups is 1. The van der Waals surface area contributed by atoms with E-state index in [4.69, 9.17) is 11.6 Å². The third-order valence-corrected chi connectivity index (χ3v) is 4.88. The highest BCUT2D eigenvalue weighted by atomic mass is 35.5. The second-order valence-electron chi connectivity index (χ2n) is 6.39. The molecule has 1 aliphatic rings. The number of halogens is 1. The maximum atomic E-state index is 12.4. The minimum atomic E-state index is -0.500. The minimum absolute atomic E-state index is 0.0341. The van der Waals surface area contributed by atoms with Crippen LogP contribution in [0.5, 0.6) is 0 Å². The van der Waals surface area contributed by atoms with Gasteiger partial charge in [0.1, 0.15) is 0 Å². The maximum absolute atomic E-state index is 12.4. The molecule has 0 N–H and O–H groups in total. The van der Waals surface area contributed by atoms with E-state index in [1.54, 1.807) is 29.2 Å². The summed E-state index contributed by atoms with van der Waals surface area (Å²) in [5.74, 6) is -0.189. The molecule has 9 nitrogen and oxygen atoms in total. The Morgan fingerprint density at radius 2 is 1.62 bits per heavy atom. The summed E-state index contributed by atoms with van der Waals surface area (Å²) in [6.07, 6.45) is 2.95. The van der Waals surface area contributed by atoms with Crippen molar-refractivity contribution < 1.29 is 14.6 Å². The number of hydrogen-bond acceptors (Lipinski definition) is 6. The maximum Gasteiger partial charge on any atom is 0.271 e. The van der Waals surface area contributed by atoms with Crippen LogP contribution < -0.4 is 4.90 Å². The lowest BCUT2D eigenvalue weighted by Gasteiger charge is -2.36. The van der Waals surface area contributed by atoms with Gasteiger partial charge in [-0.2, -0.15) is 0 Å². The van der Waals surface area contributed by atoms with E-state index in [-0.39, 0.29) is 17.3 Å². The standard InChI is InChI=1S/C19H17ClN4O5/c20-17-13-16(24(28)29)5-6-18(17)21-8-10-22(11-9-21)19(25)7-4-14-2-1-3-15(12-14)23(26)27/h1-7,12-13H,8-11H2. The molecule has 0 aliphatic carbocycles. The number of piperazine rings is 1. The molecule has 150 valence electrons. The summed E-state index contributed by atoms with van der Waals surface area (Å²) in [5.41, 5.74) is 1.16. The second-order valence-corrected chi connectivity index (χ2v) is 6.80. The summed E-state index contributed by atoms with van der Waals surface area (Å²) < 4.78 is 0. The Balaban J connectivity index is 1.60. The summed E-state index contributed by atoms with van der Waals surface area (Å²) >= 11 is 6.17. The highest BCUT2D eigenvalue weighted by molar-refractivity contribution is 6.33. The minimum Gasteiger partial charge on any atom is -0.367 e. The van der Waals surface area contributed by atoms with Gasteiger partial charge in [0.05, 0.1) is 20.6 Å². The number of rotatable bonds is 5. The molecule has 0 atom stereocenters. The number of nitro groups is 2. The van der Waals surface area contributed by atoms with Crippen molar-refractivity contribution in [3.05, 3.63) is 79.4 Å². The highest BCUT2D eigenvalue weighted by Crippen LogP contribution is 2.30. The Morgan fingerprint density at radius 1 is 0.966 bits per heavy atom. The fraction of sp³-hybridized carbons (Fsp3) is 0.211. The topological polar surface area (TPSA) is 110 Å². The van der Waals surface area contributed by atoms with Crippen LogP contribution in [0.4, 0.5) is 17.1 Å². The fourth-order valence-electron chi connectivity index (χ4n) is 3.05. The third kappa shape index (κ3) is 4.88. The molecule has 0 bridgehead atoms. The van der Waals surface area contributed by atoms with Crippen LogP contribution >= 0.6 is 11.6 Å². The van der Waals surface area contributed by atoms with Gasteiger partial charge in [-0.05, 0) is 17.7 Å². The number of anilines is 1. The summed E-state index contributed by atoms with van der Waals surface area (Å²) in [7, 11) is 0. The summed E-state index contributed by atoms with van der Waals surface area (Å²) in [6.45, 7) is 2.00. The van der Waals surface area contributed by atoms with Gasteiger partial charge in [-0.1, -0.05) is 23.7 Å². The average Bonchev–Trinajstić information content (AvgIpc) is 2.72. The van der Waals surface area contributed by atoms with Crippen LogP contribution in [0.1, 0.15) is 5.56 Å². The van der Waals surface area contributed by atoms with Crippen LogP contribution in [-0.2, 0) is 4.79 Å². The monoisotopic (exact) mass is 416 g/mol. The van der Waals surface area contributed by atoms with Gasteiger partial charge in [0.25, 0.3) is 11.4 Å². The first-order chi connectivity index (χ1) is 13.8. The summed E-state index contributed by atoms with van der Waals surface area (Å²) in [6, 6.07) is 10.4. The van der Waals surface area contributed by atoms with Gasteiger partial charge < -0.3 is 9.80 Å². The Bertz CT molecular complexity index is 986. The van der Waals surface area contributed by atoms with Crippen molar-refractivity contribution in [1.29, 1.82) is 0 Å². The summed E-state index contributed by atoms with van der Waals surface area (Å²) in [5, 5.41) is 21.9. The van der Waals surface area contributed by atoms with Crippen LogP contribution in [0.3, 0.4) is 0 Å². The number of benzene rings is 2. The zero-order valence-electron chi connectivity index (χ0n) is 15.2. The lowest BCUT2D eigenvalue weighted by Crippen LogP contribution is -2.48. The molecule has 0 radical (unpaired) electrons. The van der Waals surface area contributed by atoms with Gasteiger partial charge in [-0.25, -0.2) is 0 Å². The molecular formula is C19H17ClN4O5. The molecule has 2 aromatic rings.